The van der Waals surface area contributed by atoms with Crippen molar-refractivity contribution in [1.29, 1.82) is 0 Å². The standard InChI is InChI=1S/C34H42FN5O/c1-2-26-28(35)11-8-22-6-3-7-30(31(22)26)39-17-12-27-29(20-39)37-33(41-21-34-13-4-15-40(34)16-5-14-34)38-32(27)23-18-24-9-10-25(19-23)36-24/h3,6-8,11,23-25,36H,2,4-5,9-10,12-21H2,1H3/t23-,24+,25-. The van der Waals surface area contributed by atoms with Gasteiger partial charge >= 0.3 is 6.01 Å². The molecule has 7 heteroatoms. The lowest BCUT2D eigenvalue weighted by molar-refractivity contribution is 0.107. The molecule has 8 rings (SSSR count). The maximum atomic E-state index is 14.9. The summed E-state index contributed by atoms with van der Waals surface area (Å²) in [5, 5.41) is 5.95. The highest BCUT2D eigenvalue weighted by molar-refractivity contribution is 5.97. The van der Waals surface area contributed by atoms with E-state index in [2.05, 4.69) is 33.3 Å². The van der Waals surface area contributed by atoms with E-state index < -0.39 is 0 Å². The average molecular weight is 556 g/mol. The van der Waals surface area contributed by atoms with Gasteiger partial charge in [0, 0.05) is 35.6 Å². The largest absolute Gasteiger partial charge is 0.461 e. The van der Waals surface area contributed by atoms with Crippen LogP contribution in [-0.4, -0.2) is 58.7 Å². The Kier molecular flexibility index (Phi) is 6.44. The van der Waals surface area contributed by atoms with Crippen molar-refractivity contribution < 1.29 is 9.13 Å². The van der Waals surface area contributed by atoms with Gasteiger partial charge in [0.1, 0.15) is 12.4 Å². The third kappa shape index (κ3) is 4.42. The number of aromatic nitrogens is 2. The number of aryl methyl sites for hydroxylation is 1. The van der Waals surface area contributed by atoms with Gasteiger partial charge in [-0.05, 0) is 106 Å². The fourth-order valence-electron chi connectivity index (χ4n) is 9.00. The van der Waals surface area contributed by atoms with Gasteiger partial charge in [0.2, 0.25) is 0 Å². The number of hydrogen-bond acceptors (Lipinski definition) is 6. The molecule has 0 spiro atoms. The first-order chi connectivity index (χ1) is 20.1. The van der Waals surface area contributed by atoms with Crippen LogP contribution < -0.4 is 15.0 Å². The normalized spacial score (nSPS) is 26.9. The van der Waals surface area contributed by atoms with Gasteiger partial charge in [-0.25, -0.2) is 4.39 Å². The molecule has 1 aromatic heterocycles. The Morgan fingerprint density at radius 2 is 1.83 bits per heavy atom. The van der Waals surface area contributed by atoms with Crippen LogP contribution in [0.3, 0.4) is 0 Å². The molecule has 4 saturated heterocycles. The van der Waals surface area contributed by atoms with Crippen molar-refractivity contribution in [2.75, 3.05) is 31.1 Å². The van der Waals surface area contributed by atoms with Crippen LogP contribution in [0, 0.1) is 5.82 Å². The predicted molar refractivity (Wildman–Crippen MR) is 160 cm³/mol. The van der Waals surface area contributed by atoms with Gasteiger partial charge in [-0.2, -0.15) is 9.97 Å². The molecule has 0 radical (unpaired) electrons. The zero-order chi connectivity index (χ0) is 27.6. The molecule has 5 aliphatic rings. The van der Waals surface area contributed by atoms with Gasteiger partial charge < -0.3 is 15.0 Å². The fourth-order valence-corrected chi connectivity index (χ4v) is 9.00. The summed E-state index contributed by atoms with van der Waals surface area (Å²) < 4.78 is 21.5. The monoisotopic (exact) mass is 555 g/mol. The SMILES string of the molecule is CCc1c(F)ccc2cccc(N3CCc4c(nc(OCC56CCCN5CCC6)nc4[C@H]4C[C@H]5CC[C@@H](C4)N5)C3)c12. The first-order valence-electron chi connectivity index (χ1n) is 16.1. The minimum Gasteiger partial charge on any atom is -0.461 e. The maximum absolute atomic E-state index is 14.9. The van der Waals surface area contributed by atoms with Gasteiger partial charge in [0.05, 0.1) is 23.5 Å². The summed E-state index contributed by atoms with van der Waals surface area (Å²) in [6.45, 7) is 6.71. The highest BCUT2D eigenvalue weighted by atomic mass is 19.1. The second-order valence-corrected chi connectivity index (χ2v) is 13.3. The highest BCUT2D eigenvalue weighted by Crippen LogP contribution is 2.42. The van der Waals surface area contributed by atoms with Gasteiger partial charge in [0.25, 0.3) is 0 Å². The van der Waals surface area contributed by atoms with Gasteiger partial charge in [-0.1, -0.05) is 25.1 Å². The number of fused-ring (bicyclic) bond motifs is 5. The first kappa shape index (κ1) is 25.9. The quantitative estimate of drug-likeness (QED) is 0.409. The van der Waals surface area contributed by atoms with E-state index in [1.807, 2.05) is 13.0 Å². The lowest BCUT2D eigenvalue weighted by atomic mass is 9.85. The molecular weight excluding hydrogens is 513 g/mol. The Bertz CT molecular complexity index is 1450. The second kappa shape index (κ2) is 10.2. The van der Waals surface area contributed by atoms with Crippen molar-refractivity contribution in [1.82, 2.24) is 20.2 Å². The Morgan fingerprint density at radius 3 is 2.61 bits per heavy atom. The van der Waals surface area contributed by atoms with Crippen LogP contribution in [0.5, 0.6) is 6.01 Å². The molecule has 6 nitrogen and oxygen atoms in total. The topological polar surface area (TPSA) is 53.5 Å². The van der Waals surface area contributed by atoms with Crippen molar-refractivity contribution in [3.63, 3.8) is 0 Å². The predicted octanol–water partition coefficient (Wildman–Crippen LogP) is 5.90. The molecule has 0 unspecified atom stereocenters. The number of rotatable bonds is 6. The van der Waals surface area contributed by atoms with Crippen molar-refractivity contribution >= 4 is 16.5 Å². The van der Waals surface area contributed by atoms with E-state index in [1.54, 1.807) is 6.07 Å². The van der Waals surface area contributed by atoms with Gasteiger partial charge in [0.15, 0.2) is 0 Å². The van der Waals surface area contributed by atoms with E-state index >= 15 is 0 Å². The number of nitrogens with zero attached hydrogens (tertiary/aromatic N) is 4. The van der Waals surface area contributed by atoms with E-state index in [4.69, 9.17) is 14.7 Å². The lowest BCUT2D eigenvalue weighted by Crippen LogP contribution is -2.43. The van der Waals surface area contributed by atoms with Crippen LogP contribution >= 0.6 is 0 Å². The molecule has 6 heterocycles. The van der Waals surface area contributed by atoms with Crippen LogP contribution in [0.4, 0.5) is 10.1 Å². The van der Waals surface area contributed by atoms with Gasteiger partial charge in [-0.15, -0.1) is 0 Å². The number of nitrogens with one attached hydrogen (secondary N) is 1. The molecule has 2 aromatic carbocycles. The number of benzene rings is 2. The highest BCUT2D eigenvalue weighted by Gasteiger charge is 2.45. The summed E-state index contributed by atoms with van der Waals surface area (Å²) in [5.74, 6) is 0.350. The smallest absolute Gasteiger partial charge is 0.316 e. The fraction of sp³-hybridized carbons (Fsp3) is 0.588. The molecule has 5 aliphatic heterocycles. The summed E-state index contributed by atoms with van der Waals surface area (Å²) in [4.78, 5) is 15.4. The number of hydrogen-bond donors (Lipinski definition) is 1. The first-order valence-corrected chi connectivity index (χ1v) is 16.1. The summed E-state index contributed by atoms with van der Waals surface area (Å²) >= 11 is 0. The van der Waals surface area contributed by atoms with E-state index in [0.29, 0.717) is 43.6 Å². The molecule has 1 N–H and O–H groups in total. The molecule has 0 saturated carbocycles. The van der Waals surface area contributed by atoms with E-state index in [0.717, 1.165) is 53.5 Å². The third-order valence-corrected chi connectivity index (χ3v) is 11.0. The lowest BCUT2D eigenvalue weighted by Gasteiger charge is -2.35. The Labute approximate surface area is 242 Å². The Morgan fingerprint density at radius 1 is 1.02 bits per heavy atom. The molecule has 2 bridgehead atoms. The van der Waals surface area contributed by atoms with Gasteiger partial charge in [-0.3, -0.25) is 4.90 Å². The van der Waals surface area contributed by atoms with E-state index in [1.165, 1.54) is 62.9 Å². The number of anilines is 1. The van der Waals surface area contributed by atoms with Crippen LogP contribution in [0.15, 0.2) is 30.3 Å². The molecule has 216 valence electrons. The molecule has 4 fully saturated rings. The molecule has 3 atom stereocenters. The summed E-state index contributed by atoms with van der Waals surface area (Å²) in [7, 11) is 0. The molecule has 0 aliphatic carbocycles. The number of halogens is 1. The van der Waals surface area contributed by atoms with E-state index in [9.17, 15) is 4.39 Å². The van der Waals surface area contributed by atoms with Crippen LogP contribution in [-0.2, 0) is 19.4 Å². The number of piperidine rings is 1. The second-order valence-electron chi connectivity index (χ2n) is 13.3. The van der Waals surface area contributed by atoms with Crippen LogP contribution in [0.25, 0.3) is 10.8 Å². The van der Waals surface area contributed by atoms with Crippen molar-refractivity contribution in [3.8, 4) is 6.01 Å². The minimum absolute atomic E-state index is 0.113. The number of ether oxygens (including phenoxy) is 1. The Balaban J connectivity index is 1.15. The summed E-state index contributed by atoms with van der Waals surface area (Å²) in [6.07, 6.45) is 11.4. The molecular formula is C34H42FN5O. The zero-order valence-electron chi connectivity index (χ0n) is 24.3. The van der Waals surface area contributed by atoms with Crippen LogP contribution in [0.2, 0.25) is 0 Å². The van der Waals surface area contributed by atoms with Crippen molar-refractivity contribution in [2.45, 2.75) is 101 Å². The van der Waals surface area contributed by atoms with E-state index in [-0.39, 0.29) is 11.4 Å². The third-order valence-electron chi connectivity index (χ3n) is 11.0. The summed E-state index contributed by atoms with van der Waals surface area (Å²) in [5.41, 5.74) is 5.76. The molecule has 41 heavy (non-hydrogen) atoms. The maximum Gasteiger partial charge on any atom is 0.316 e. The zero-order valence-corrected chi connectivity index (χ0v) is 24.3. The van der Waals surface area contributed by atoms with Crippen LogP contribution in [0.1, 0.15) is 86.7 Å². The van der Waals surface area contributed by atoms with Crippen molar-refractivity contribution in [3.05, 3.63) is 58.7 Å². The summed E-state index contributed by atoms with van der Waals surface area (Å²) in [6, 6.07) is 11.7. The average Bonchev–Trinajstić information content (AvgIpc) is 3.68. The minimum atomic E-state index is -0.113. The molecule has 0 amide bonds. The van der Waals surface area contributed by atoms with Crippen molar-refractivity contribution in [2.24, 2.45) is 0 Å². The molecule has 3 aromatic rings. The Hall–Kier alpha value is -2.77.